The summed E-state index contributed by atoms with van der Waals surface area (Å²) < 4.78 is 0. The van der Waals surface area contributed by atoms with Crippen molar-refractivity contribution in [2.24, 2.45) is 0 Å². The molecule has 0 heterocycles. The molecule has 0 aromatic carbocycles. The fourth-order valence-electron chi connectivity index (χ4n) is 2.34. The molecule has 82 valence electrons. The second kappa shape index (κ2) is 6.18. The molecule has 0 atom stereocenters. The number of Topliss-reactive ketones (excluding diaryl/α,β-unsaturated/α-hetero) is 1. The van der Waals surface area contributed by atoms with Crippen LogP contribution in [-0.2, 0) is 4.79 Å². The Hall–Kier alpha value is -0.370. The quantitative estimate of drug-likeness (QED) is 0.675. The normalized spacial score (nSPS) is 19.2. The van der Waals surface area contributed by atoms with E-state index in [9.17, 15) is 4.79 Å². The Morgan fingerprint density at radius 1 is 1.14 bits per heavy atom. The van der Waals surface area contributed by atoms with Gasteiger partial charge in [0.25, 0.3) is 0 Å². The zero-order valence-electron chi connectivity index (χ0n) is 9.59. The third kappa shape index (κ3) is 3.41. The van der Waals surface area contributed by atoms with Gasteiger partial charge in [-0.3, -0.25) is 4.79 Å². The zero-order valence-corrected chi connectivity index (χ0v) is 9.59. The van der Waals surface area contributed by atoms with E-state index < -0.39 is 0 Å². The van der Waals surface area contributed by atoms with Gasteiger partial charge in [-0.15, -0.1) is 0 Å². The Bertz CT molecular complexity index is 163. The Balaban J connectivity index is 2.38. The van der Waals surface area contributed by atoms with Crippen molar-refractivity contribution >= 4 is 5.78 Å². The van der Waals surface area contributed by atoms with Gasteiger partial charge in [0.15, 0.2) is 0 Å². The molecule has 0 amide bonds. The fourth-order valence-corrected chi connectivity index (χ4v) is 2.34. The Kier molecular flexibility index (Phi) is 5.16. The summed E-state index contributed by atoms with van der Waals surface area (Å²) in [5.41, 5.74) is 0. The van der Waals surface area contributed by atoms with Gasteiger partial charge in [0.05, 0.1) is 0 Å². The van der Waals surface area contributed by atoms with Crippen LogP contribution in [0.1, 0.15) is 52.4 Å². The van der Waals surface area contributed by atoms with Gasteiger partial charge in [-0.05, 0) is 38.8 Å². The van der Waals surface area contributed by atoms with E-state index >= 15 is 0 Å². The minimum absolute atomic E-state index is 0.467. The topological polar surface area (TPSA) is 20.3 Å². The molecule has 0 saturated heterocycles. The minimum Gasteiger partial charge on any atom is -0.300 e. The smallest absolute Gasteiger partial charge is 0.133 e. The number of carbonyl (C=O) groups excluding carboxylic acids is 1. The molecule has 1 saturated carbocycles. The summed E-state index contributed by atoms with van der Waals surface area (Å²) in [6.45, 7) is 6.87. The molecule has 0 unspecified atom stereocenters. The van der Waals surface area contributed by atoms with Gasteiger partial charge < -0.3 is 4.90 Å². The number of hydrogen-bond donors (Lipinski definition) is 0. The summed E-state index contributed by atoms with van der Waals surface area (Å²) in [6.07, 6.45) is 6.27. The van der Waals surface area contributed by atoms with E-state index in [0.29, 0.717) is 11.8 Å². The molecule has 1 aliphatic carbocycles. The third-order valence-electron chi connectivity index (χ3n) is 3.05. The van der Waals surface area contributed by atoms with E-state index in [1.807, 2.05) is 0 Å². The summed E-state index contributed by atoms with van der Waals surface area (Å²) in [5, 5.41) is 0. The average Bonchev–Trinajstić information content (AvgIpc) is 2.19. The van der Waals surface area contributed by atoms with Crippen LogP contribution >= 0.6 is 0 Å². The molecule has 0 bridgehead atoms. The van der Waals surface area contributed by atoms with Gasteiger partial charge in [-0.25, -0.2) is 0 Å². The molecule has 1 fully saturated rings. The summed E-state index contributed by atoms with van der Waals surface area (Å²) >= 11 is 0. The Morgan fingerprint density at radius 2 is 1.64 bits per heavy atom. The van der Waals surface area contributed by atoms with Crippen molar-refractivity contribution in [1.82, 2.24) is 4.90 Å². The lowest BCUT2D eigenvalue weighted by Gasteiger charge is -2.33. The first-order chi connectivity index (χ1) is 6.77. The van der Waals surface area contributed by atoms with E-state index in [4.69, 9.17) is 0 Å². The van der Waals surface area contributed by atoms with Gasteiger partial charge >= 0.3 is 0 Å². The highest BCUT2D eigenvalue weighted by atomic mass is 16.1. The highest BCUT2D eigenvalue weighted by Crippen LogP contribution is 2.20. The average molecular weight is 197 g/mol. The lowest BCUT2D eigenvalue weighted by Crippen LogP contribution is -2.39. The molecule has 0 aromatic heterocycles. The maximum atomic E-state index is 11.1. The van der Waals surface area contributed by atoms with Crippen LogP contribution in [0.4, 0.5) is 0 Å². The minimum atomic E-state index is 0.467. The van der Waals surface area contributed by atoms with Crippen molar-refractivity contribution in [3.05, 3.63) is 0 Å². The number of carbonyl (C=O) groups is 1. The first-order valence-corrected chi connectivity index (χ1v) is 6.03. The molecule has 0 N–H and O–H groups in total. The van der Waals surface area contributed by atoms with Crippen molar-refractivity contribution in [3.8, 4) is 0 Å². The molecule has 14 heavy (non-hydrogen) atoms. The first kappa shape index (κ1) is 11.7. The van der Waals surface area contributed by atoms with Crippen LogP contribution in [0, 0.1) is 0 Å². The van der Waals surface area contributed by atoms with Gasteiger partial charge in [-0.2, -0.15) is 0 Å². The van der Waals surface area contributed by atoms with E-state index in [-0.39, 0.29) is 0 Å². The van der Waals surface area contributed by atoms with Gasteiger partial charge in [0.2, 0.25) is 0 Å². The van der Waals surface area contributed by atoms with Gasteiger partial charge in [0, 0.05) is 18.9 Å². The van der Waals surface area contributed by atoms with E-state index in [0.717, 1.165) is 25.7 Å². The van der Waals surface area contributed by atoms with Crippen molar-refractivity contribution in [2.75, 3.05) is 13.1 Å². The molecule has 0 aromatic rings. The van der Waals surface area contributed by atoms with Crippen LogP contribution in [0.3, 0.4) is 0 Å². The van der Waals surface area contributed by atoms with Crippen molar-refractivity contribution in [2.45, 2.75) is 58.4 Å². The molecule has 2 nitrogen and oxygen atoms in total. The number of hydrogen-bond acceptors (Lipinski definition) is 2. The molecule has 0 aliphatic heterocycles. The largest absolute Gasteiger partial charge is 0.300 e. The monoisotopic (exact) mass is 197 g/mol. The molecule has 1 rings (SSSR count). The Morgan fingerprint density at radius 3 is 2.07 bits per heavy atom. The van der Waals surface area contributed by atoms with Crippen LogP contribution in [0.2, 0.25) is 0 Å². The maximum Gasteiger partial charge on any atom is 0.133 e. The molecule has 2 heteroatoms. The second-order valence-corrected chi connectivity index (χ2v) is 4.31. The number of ketones is 1. The standard InChI is InChI=1S/C12H23NO/c1-3-9-13(10-4-2)11-5-7-12(14)8-6-11/h11H,3-10H2,1-2H3. The van der Waals surface area contributed by atoms with Crippen molar-refractivity contribution in [3.63, 3.8) is 0 Å². The predicted molar refractivity (Wildman–Crippen MR) is 59.4 cm³/mol. The lowest BCUT2D eigenvalue weighted by atomic mass is 9.93. The zero-order chi connectivity index (χ0) is 10.4. The number of nitrogens with zero attached hydrogens (tertiary/aromatic N) is 1. The van der Waals surface area contributed by atoms with Crippen LogP contribution in [-0.4, -0.2) is 29.8 Å². The lowest BCUT2D eigenvalue weighted by molar-refractivity contribution is -0.121. The molecular formula is C12H23NO. The van der Waals surface area contributed by atoms with E-state index in [1.54, 1.807) is 0 Å². The molecule has 1 aliphatic rings. The van der Waals surface area contributed by atoms with Crippen LogP contribution < -0.4 is 0 Å². The molecule has 0 spiro atoms. The van der Waals surface area contributed by atoms with E-state index in [2.05, 4.69) is 18.7 Å². The first-order valence-electron chi connectivity index (χ1n) is 6.03. The predicted octanol–water partition coefficient (Wildman–Crippen LogP) is 2.62. The van der Waals surface area contributed by atoms with Crippen LogP contribution in [0.25, 0.3) is 0 Å². The fraction of sp³-hybridized carbons (Fsp3) is 0.917. The van der Waals surface area contributed by atoms with Crippen LogP contribution in [0.5, 0.6) is 0 Å². The summed E-state index contributed by atoms with van der Waals surface area (Å²) in [4.78, 5) is 13.7. The van der Waals surface area contributed by atoms with Gasteiger partial charge in [-0.1, -0.05) is 13.8 Å². The third-order valence-corrected chi connectivity index (χ3v) is 3.05. The van der Waals surface area contributed by atoms with Gasteiger partial charge in [0.1, 0.15) is 5.78 Å². The van der Waals surface area contributed by atoms with Crippen LogP contribution in [0.15, 0.2) is 0 Å². The summed E-state index contributed by atoms with van der Waals surface area (Å²) in [5.74, 6) is 0.467. The highest BCUT2D eigenvalue weighted by Gasteiger charge is 2.23. The Labute approximate surface area is 87.7 Å². The van der Waals surface area contributed by atoms with E-state index in [1.165, 1.54) is 25.9 Å². The van der Waals surface area contributed by atoms with Crippen molar-refractivity contribution in [1.29, 1.82) is 0 Å². The second-order valence-electron chi connectivity index (χ2n) is 4.31. The maximum absolute atomic E-state index is 11.1. The molecular weight excluding hydrogens is 174 g/mol. The summed E-state index contributed by atoms with van der Waals surface area (Å²) in [6, 6.07) is 0.688. The highest BCUT2D eigenvalue weighted by molar-refractivity contribution is 5.79. The summed E-state index contributed by atoms with van der Waals surface area (Å²) in [7, 11) is 0. The van der Waals surface area contributed by atoms with Crippen molar-refractivity contribution < 1.29 is 4.79 Å². The molecule has 0 radical (unpaired) electrons. The number of rotatable bonds is 5. The SMILES string of the molecule is CCCN(CCC)C1CCC(=O)CC1.